The molecule has 0 aromatic carbocycles. The Labute approximate surface area is 130 Å². The highest BCUT2D eigenvalue weighted by Crippen LogP contribution is 2.46. The molecule has 2 aliphatic heterocycles. The molecule has 0 bridgehead atoms. The summed E-state index contributed by atoms with van der Waals surface area (Å²) in [5, 5.41) is 0. The maximum Gasteiger partial charge on any atom is -0.0286 e. The van der Waals surface area contributed by atoms with Gasteiger partial charge in [0.25, 0.3) is 0 Å². The van der Waals surface area contributed by atoms with E-state index in [0.29, 0.717) is 15.8 Å². The van der Waals surface area contributed by atoms with E-state index in [1.807, 2.05) is 0 Å². The second kappa shape index (κ2) is 11.4. The predicted octanol–water partition coefficient (Wildman–Crippen LogP) is 6.66. The van der Waals surface area contributed by atoms with Gasteiger partial charge in [0.2, 0.25) is 0 Å². The second-order valence-electron chi connectivity index (χ2n) is 6.93. The van der Waals surface area contributed by atoms with Crippen LogP contribution < -0.4 is 0 Å². The Hall–Kier alpha value is 0.860. The maximum absolute atomic E-state index is 1.65. The van der Waals surface area contributed by atoms with Crippen molar-refractivity contribution in [3.05, 3.63) is 0 Å². The standard InChI is InChI=1S/C18H36P2/c1-2-6-10-14-19(13-9-5-1)17-18-20-15-11-7-3-4-8-12-16-20/h1-18H2. The number of rotatable bonds is 3. The van der Waals surface area contributed by atoms with Gasteiger partial charge in [0, 0.05) is 0 Å². The third-order valence-electron chi connectivity index (χ3n) is 5.13. The molecule has 2 rings (SSSR count). The summed E-state index contributed by atoms with van der Waals surface area (Å²) in [6.45, 7) is 0. The fourth-order valence-electron chi connectivity index (χ4n) is 3.71. The van der Waals surface area contributed by atoms with E-state index in [1.165, 1.54) is 51.4 Å². The molecule has 0 saturated carbocycles. The van der Waals surface area contributed by atoms with E-state index in [0.717, 1.165) is 0 Å². The zero-order valence-corrected chi connectivity index (χ0v) is 15.4. The van der Waals surface area contributed by atoms with Crippen molar-refractivity contribution in [1.29, 1.82) is 0 Å². The summed E-state index contributed by atoms with van der Waals surface area (Å²) >= 11 is 0. The lowest BCUT2D eigenvalue weighted by molar-refractivity contribution is 0.636. The van der Waals surface area contributed by atoms with Gasteiger partial charge >= 0.3 is 0 Å². The third kappa shape index (κ3) is 7.75. The lowest BCUT2D eigenvalue weighted by Crippen LogP contribution is -2.02. The summed E-state index contributed by atoms with van der Waals surface area (Å²) in [5.41, 5.74) is 0. The van der Waals surface area contributed by atoms with E-state index in [1.54, 1.807) is 62.7 Å². The average molecular weight is 314 g/mol. The highest BCUT2D eigenvalue weighted by molar-refractivity contribution is 7.61. The van der Waals surface area contributed by atoms with Crippen molar-refractivity contribution >= 4 is 15.8 Å². The summed E-state index contributed by atoms with van der Waals surface area (Å²) in [6, 6.07) is 0. The molecule has 0 aromatic rings. The van der Waals surface area contributed by atoms with Crippen LogP contribution in [0.2, 0.25) is 0 Å². The monoisotopic (exact) mass is 314 g/mol. The van der Waals surface area contributed by atoms with Gasteiger partial charge in [-0.3, -0.25) is 0 Å². The van der Waals surface area contributed by atoms with Crippen molar-refractivity contribution in [3.63, 3.8) is 0 Å². The van der Waals surface area contributed by atoms with Gasteiger partial charge in [-0.05, 0) is 62.7 Å². The lowest BCUT2D eigenvalue weighted by atomic mass is 10.1. The van der Waals surface area contributed by atoms with Crippen LogP contribution in [0.4, 0.5) is 0 Å². The highest BCUT2D eigenvalue weighted by atomic mass is 31.1. The molecule has 2 heterocycles. The summed E-state index contributed by atoms with van der Waals surface area (Å²) in [4.78, 5) is 0. The quantitative estimate of drug-likeness (QED) is 0.511. The molecular weight excluding hydrogens is 278 g/mol. The van der Waals surface area contributed by atoms with E-state index < -0.39 is 0 Å². The molecule has 0 aromatic heterocycles. The topological polar surface area (TPSA) is 0 Å². The maximum atomic E-state index is 1.65. The van der Waals surface area contributed by atoms with Gasteiger partial charge in [0.1, 0.15) is 0 Å². The summed E-state index contributed by atoms with van der Waals surface area (Å²) < 4.78 is 0. The van der Waals surface area contributed by atoms with Crippen LogP contribution in [-0.2, 0) is 0 Å². The van der Waals surface area contributed by atoms with Crippen molar-refractivity contribution in [2.45, 2.75) is 77.0 Å². The van der Waals surface area contributed by atoms with Gasteiger partial charge < -0.3 is 0 Å². The fraction of sp³-hybridized carbons (Fsp3) is 1.00. The van der Waals surface area contributed by atoms with Crippen LogP contribution in [0.1, 0.15) is 77.0 Å². The summed E-state index contributed by atoms with van der Waals surface area (Å²) in [5.74, 6) is 0. The van der Waals surface area contributed by atoms with Crippen molar-refractivity contribution in [2.75, 3.05) is 37.0 Å². The normalized spacial score (nSPS) is 25.8. The van der Waals surface area contributed by atoms with E-state index in [9.17, 15) is 0 Å². The van der Waals surface area contributed by atoms with E-state index in [2.05, 4.69) is 0 Å². The molecule has 0 atom stereocenters. The molecule has 2 fully saturated rings. The first kappa shape index (κ1) is 17.2. The van der Waals surface area contributed by atoms with Crippen LogP contribution in [0.3, 0.4) is 0 Å². The third-order valence-corrected chi connectivity index (χ3v) is 11.0. The minimum atomic E-state index is 0.437. The Kier molecular flexibility index (Phi) is 9.84. The number of hydrogen-bond acceptors (Lipinski definition) is 0. The molecule has 20 heavy (non-hydrogen) atoms. The van der Waals surface area contributed by atoms with Crippen LogP contribution in [-0.4, -0.2) is 37.0 Å². The fourth-order valence-corrected chi connectivity index (χ4v) is 10.00. The average Bonchev–Trinajstić information content (AvgIpc) is 2.68. The molecular formula is C18H36P2. The molecule has 0 N–H and O–H groups in total. The van der Waals surface area contributed by atoms with Gasteiger partial charge in [-0.15, -0.1) is 15.8 Å². The first-order valence-electron chi connectivity index (χ1n) is 9.40. The Bertz CT molecular complexity index is 185. The van der Waals surface area contributed by atoms with Crippen molar-refractivity contribution in [3.8, 4) is 0 Å². The van der Waals surface area contributed by atoms with Crippen LogP contribution in [0.15, 0.2) is 0 Å². The minimum absolute atomic E-state index is 0.437. The summed E-state index contributed by atoms with van der Waals surface area (Å²) in [6.07, 6.45) is 28.3. The van der Waals surface area contributed by atoms with Crippen molar-refractivity contribution < 1.29 is 0 Å². The largest absolute Gasteiger partial charge is 0.106 e. The van der Waals surface area contributed by atoms with E-state index >= 15 is 0 Å². The Morgan fingerprint density at radius 2 is 0.600 bits per heavy atom. The molecule has 0 unspecified atom stereocenters. The zero-order chi connectivity index (χ0) is 13.9. The molecule has 2 saturated heterocycles. The minimum Gasteiger partial charge on any atom is -0.106 e. The van der Waals surface area contributed by atoms with Gasteiger partial charge in [-0.1, -0.05) is 51.4 Å². The zero-order valence-electron chi connectivity index (χ0n) is 13.6. The van der Waals surface area contributed by atoms with E-state index in [4.69, 9.17) is 0 Å². The SMILES string of the molecule is C1CCCCP(CCP2CCCCCCCC2)CCC1. The molecule has 0 nitrogen and oxygen atoms in total. The van der Waals surface area contributed by atoms with Crippen LogP contribution in [0.25, 0.3) is 0 Å². The van der Waals surface area contributed by atoms with Gasteiger partial charge in [0.15, 0.2) is 0 Å². The van der Waals surface area contributed by atoms with E-state index in [-0.39, 0.29) is 0 Å². The second-order valence-corrected chi connectivity index (χ2v) is 12.3. The molecule has 118 valence electrons. The Balaban J connectivity index is 1.67. The van der Waals surface area contributed by atoms with Crippen LogP contribution >= 0.6 is 15.8 Å². The predicted molar refractivity (Wildman–Crippen MR) is 98.4 cm³/mol. The lowest BCUT2D eigenvalue weighted by Gasteiger charge is -2.22. The first-order chi connectivity index (χ1) is 9.95. The van der Waals surface area contributed by atoms with Gasteiger partial charge in [-0.2, -0.15) is 0 Å². The number of hydrogen-bond donors (Lipinski definition) is 0. The molecule has 2 aliphatic rings. The van der Waals surface area contributed by atoms with Crippen LogP contribution in [0, 0.1) is 0 Å². The van der Waals surface area contributed by atoms with Gasteiger partial charge in [0.05, 0.1) is 0 Å². The molecule has 0 amide bonds. The summed E-state index contributed by atoms with van der Waals surface area (Å²) in [7, 11) is 0.874. The van der Waals surface area contributed by atoms with Crippen LogP contribution in [0.5, 0.6) is 0 Å². The van der Waals surface area contributed by atoms with Crippen molar-refractivity contribution in [1.82, 2.24) is 0 Å². The smallest absolute Gasteiger partial charge is 0.0286 e. The Morgan fingerprint density at radius 3 is 0.900 bits per heavy atom. The van der Waals surface area contributed by atoms with Gasteiger partial charge in [-0.25, -0.2) is 0 Å². The first-order valence-corrected chi connectivity index (χ1v) is 13.2. The molecule has 0 aliphatic carbocycles. The van der Waals surface area contributed by atoms with Crippen molar-refractivity contribution in [2.24, 2.45) is 0 Å². The highest BCUT2D eigenvalue weighted by Gasteiger charge is 2.14. The molecule has 0 radical (unpaired) electrons. The Morgan fingerprint density at radius 1 is 0.350 bits per heavy atom. The molecule has 0 spiro atoms. The molecule has 2 heteroatoms.